The molecule has 0 radical (unpaired) electrons. The van der Waals surface area contributed by atoms with Crippen molar-refractivity contribution in [2.75, 3.05) is 11.4 Å². The van der Waals surface area contributed by atoms with Crippen LogP contribution in [0.1, 0.15) is 21.5 Å². The molecule has 8 heteroatoms. The molecule has 4 rings (SSSR count). The summed E-state index contributed by atoms with van der Waals surface area (Å²) in [4.78, 5) is 13.2. The highest BCUT2D eigenvalue weighted by molar-refractivity contribution is 7.92. The van der Waals surface area contributed by atoms with Crippen LogP contribution in [0.4, 0.5) is 5.69 Å². The molecule has 182 valence electrons. The number of benzene rings is 4. The molecule has 0 spiro atoms. The zero-order valence-electron chi connectivity index (χ0n) is 19.6. The first-order valence-corrected chi connectivity index (χ1v) is 12.6. The second-order valence-corrected chi connectivity index (χ2v) is 9.66. The van der Waals surface area contributed by atoms with E-state index in [4.69, 9.17) is 4.74 Å². The van der Waals surface area contributed by atoms with E-state index in [1.807, 2.05) is 60.7 Å². The van der Waals surface area contributed by atoms with Gasteiger partial charge in [-0.3, -0.25) is 9.10 Å². The van der Waals surface area contributed by atoms with Gasteiger partial charge in [-0.2, -0.15) is 5.10 Å². The molecular weight excluding hydrogens is 474 g/mol. The summed E-state index contributed by atoms with van der Waals surface area (Å²) in [7, 11) is -2.52. The van der Waals surface area contributed by atoms with Crippen molar-refractivity contribution in [1.82, 2.24) is 5.43 Å². The fraction of sp³-hybridized carbons (Fsp3) is 0.0714. The number of carbonyl (C=O) groups is 1. The number of carbonyl (C=O) groups excluding carboxylic acids is 1. The summed E-state index contributed by atoms with van der Waals surface area (Å²) in [6.45, 7) is 0.0345. The van der Waals surface area contributed by atoms with E-state index in [-0.39, 0.29) is 22.7 Å². The number of methoxy groups -OCH3 is 1. The summed E-state index contributed by atoms with van der Waals surface area (Å²) in [6, 6.07) is 31.2. The van der Waals surface area contributed by atoms with E-state index in [1.54, 1.807) is 36.4 Å². The van der Waals surface area contributed by atoms with Gasteiger partial charge >= 0.3 is 0 Å². The van der Waals surface area contributed by atoms with E-state index >= 15 is 0 Å². The molecule has 0 saturated carbocycles. The van der Waals surface area contributed by atoms with Crippen molar-refractivity contribution in [3.05, 3.63) is 126 Å². The monoisotopic (exact) mass is 499 g/mol. The summed E-state index contributed by atoms with van der Waals surface area (Å²) >= 11 is 0. The van der Waals surface area contributed by atoms with Crippen LogP contribution in [-0.4, -0.2) is 27.6 Å². The average molecular weight is 500 g/mol. The van der Waals surface area contributed by atoms with E-state index in [1.165, 1.54) is 29.8 Å². The van der Waals surface area contributed by atoms with Crippen LogP contribution < -0.4 is 14.5 Å². The molecule has 7 nitrogen and oxygen atoms in total. The van der Waals surface area contributed by atoms with Gasteiger partial charge < -0.3 is 4.74 Å². The van der Waals surface area contributed by atoms with Crippen molar-refractivity contribution in [3.8, 4) is 5.75 Å². The van der Waals surface area contributed by atoms with Crippen molar-refractivity contribution >= 4 is 27.8 Å². The highest BCUT2D eigenvalue weighted by Gasteiger charge is 2.28. The van der Waals surface area contributed by atoms with E-state index in [0.717, 1.165) is 11.1 Å². The van der Waals surface area contributed by atoms with Gasteiger partial charge in [-0.05, 0) is 47.5 Å². The Morgan fingerprint density at radius 3 is 2.14 bits per heavy atom. The molecule has 0 bridgehead atoms. The molecule has 4 aromatic rings. The first kappa shape index (κ1) is 24.7. The Morgan fingerprint density at radius 1 is 0.861 bits per heavy atom. The van der Waals surface area contributed by atoms with Crippen molar-refractivity contribution in [1.29, 1.82) is 0 Å². The summed E-state index contributed by atoms with van der Waals surface area (Å²) in [6.07, 6.45) is 1.52. The third-order valence-electron chi connectivity index (χ3n) is 5.41. The normalized spacial score (nSPS) is 11.2. The number of sulfonamides is 1. The predicted octanol–water partition coefficient (Wildman–Crippen LogP) is 4.85. The maximum atomic E-state index is 13.8. The number of para-hydroxylation sites is 1. The fourth-order valence-corrected chi connectivity index (χ4v) is 5.04. The Morgan fingerprint density at radius 2 is 1.47 bits per heavy atom. The quantitative estimate of drug-likeness (QED) is 0.263. The lowest BCUT2D eigenvalue weighted by Gasteiger charge is -2.26. The van der Waals surface area contributed by atoms with Gasteiger partial charge in [0.1, 0.15) is 5.75 Å². The third kappa shape index (κ3) is 5.79. The fourth-order valence-electron chi connectivity index (χ4n) is 3.57. The van der Waals surface area contributed by atoms with E-state index in [9.17, 15) is 13.2 Å². The summed E-state index contributed by atoms with van der Waals surface area (Å²) in [5.41, 5.74) is 4.51. The van der Waals surface area contributed by atoms with Crippen LogP contribution in [0.15, 0.2) is 119 Å². The Bertz CT molecular complexity index is 1440. The van der Waals surface area contributed by atoms with Crippen LogP contribution in [0.3, 0.4) is 0 Å². The molecule has 0 aliphatic rings. The summed E-state index contributed by atoms with van der Waals surface area (Å²) in [5, 5.41) is 4.04. The molecule has 0 aromatic heterocycles. The van der Waals surface area contributed by atoms with Crippen LogP contribution in [0.2, 0.25) is 0 Å². The molecule has 0 atom stereocenters. The number of nitrogens with zero attached hydrogens (tertiary/aromatic N) is 2. The Kier molecular flexibility index (Phi) is 7.77. The Balaban J connectivity index is 1.71. The van der Waals surface area contributed by atoms with Crippen LogP contribution in [-0.2, 0) is 16.6 Å². The molecule has 36 heavy (non-hydrogen) atoms. The van der Waals surface area contributed by atoms with Gasteiger partial charge in [-0.1, -0.05) is 72.8 Å². The van der Waals surface area contributed by atoms with Gasteiger partial charge in [0.25, 0.3) is 15.9 Å². The number of hydrazone groups is 1. The van der Waals surface area contributed by atoms with Crippen LogP contribution in [0.25, 0.3) is 0 Å². The minimum Gasteiger partial charge on any atom is -0.497 e. The molecule has 0 aliphatic carbocycles. The smallest absolute Gasteiger partial charge is 0.273 e. The molecule has 1 N–H and O–H groups in total. The van der Waals surface area contributed by atoms with E-state index in [0.29, 0.717) is 5.75 Å². The molecular formula is C28H25N3O4S. The van der Waals surface area contributed by atoms with E-state index < -0.39 is 15.9 Å². The Hall–Kier alpha value is -4.43. The lowest BCUT2D eigenvalue weighted by atomic mass is 10.1. The van der Waals surface area contributed by atoms with Crippen LogP contribution >= 0.6 is 0 Å². The van der Waals surface area contributed by atoms with Crippen molar-refractivity contribution in [3.63, 3.8) is 0 Å². The maximum Gasteiger partial charge on any atom is 0.273 e. The largest absolute Gasteiger partial charge is 0.497 e. The second kappa shape index (κ2) is 11.3. The van der Waals surface area contributed by atoms with Crippen molar-refractivity contribution in [2.45, 2.75) is 11.4 Å². The highest BCUT2D eigenvalue weighted by atomic mass is 32.2. The van der Waals surface area contributed by atoms with Gasteiger partial charge in [-0.15, -0.1) is 0 Å². The first-order chi connectivity index (χ1) is 17.5. The van der Waals surface area contributed by atoms with Crippen molar-refractivity contribution < 1.29 is 17.9 Å². The van der Waals surface area contributed by atoms with Gasteiger partial charge in [0.05, 0.1) is 36.0 Å². The molecule has 1 amide bonds. The number of rotatable bonds is 9. The number of hydrogen-bond acceptors (Lipinski definition) is 5. The SMILES string of the molecule is COc1ccc(S(=O)(=O)N(Cc2ccccc2)c2ccccc2C(=O)N/N=C\c2ccccc2)cc1. The molecule has 0 saturated heterocycles. The second-order valence-electron chi connectivity index (χ2n) is 7.80. The zero-order valence-corrected chi connectivity index (χ0v) is 20.4. The third-order valence-corrected chi connectivity index (χ3v) is 7.19. The van der Waals surface area contributed by atoms with Gasteiger partial charge in [0.15, 0.2) is 0 Å². The topological polar surface area (TPSA) is 88.1 Å². The lowest BCUT2D eigenvalue weighted by Crippen LogP contribution is -2.33. The zero-order chi connectivity index (χ0) is 25.4. The van der Waals surface area contributed by atoms with Crippen LogP contribution in [0.5, 0.6) is 5.75 Å². The minimum atomic E-state index is -4.04. The number of hydrogen-bond donors (Lipinski definition) is 1. The maximum absolute atomic E-state index is 13.8. The molecule has 0 unspecified atom stereocenters. The lowest BCUT2D eigenvalue weighted by molar-refractivity contribution is 0.0955. The predicted molar refractivity (Wildman–Crippen MR) is 141 cm³/mol. The molecule has 4 aromatic carbocycles. The number of anilines is 1. The van der Waals surface area contributed by atoms with Crippen LogP contribution in [0, 0.1) is 0 Å². The number of amides is 1. The average Bonchev–Trinajstić information content (AvgIpc) is 2.93. The molecule has 0 fully saturated rings. The summed E-state index contributed by atoms with van der Waals surface area (Å²) in [5.74, 6) is 0.0142. The first-order valence-electron chi connectivity index (χ1n) is 11.2. The highest BCUT2D eigenvalue weighted by Crippen LogP contribution is 2.30. The standard InChI is InChI=1S/C28H25N3O4S/c1-35-24-16-18-25(19-17-24)36(33,34)31(21-23-12-6-3-7-13-23)27-15-9-8-14-26(27)28(32)30-29-20-22-10-4-2-5-11-22/h2-20H,21H2,1H3,(H,30,32)/b29-20-. The van der Waals surface area contributed by atoms with E-state index in [2.05, 4.69) is 10.5 Å². The van der Waals surface area contributed by atoms with Crippen molar-refractivity contribution in [2.24, 2.45) is 5.10 Å². The number of nitrogens with one attached hydrogen (secondary N) is 1. The van der Waals surface area contributed by atoms with Gasteiger partial charge in [-0.25, -0.2) is 13.8 Å². The van der Waals surface area contributed by atoms with Gasteiger partial charge in [0, 0.05) is 0 Å². The minimum absolute atomic E-state index is 0.0345. The molecule has 0 heterocycles. The summed E-state index contributed by atoms with van der Waals surface area (Å²) < 4.78 is 34.1. The van der Waals surface area contributed by atoms with Gasteiger partial charge in [0.2, 0.25) is 0 Å². The number of ether oxygens (including phenoxy) is 1. The Labute approximate surface area is 210 Å². The molecule has 0 aliphatic heterocycles.